The molecular weight excluding hydrogens is 428 g/mol. The number of carbonyl (C=O) groups is 1. The third kappa shape index (κ3) is 4.74. The van der Waals surface area contributed by atoms with Crippen molar-refractivity contribution in [2.24, 2.45) is 0 Å². The third-order valence-corrected chi connectivity index (χ3v) is 5.49. The lowest BCUT2D eigenvalue weighted by Gasteiger charge is -2.29. The number of anilines is 3. The summed E-state index contributed by atoms with van der Waals surface area (Å²) in [5.41, 5.74) is 3.87. The fraction of sp³-hybridized carbons (Fsp3) is 0.208. The van der Waals surface area contributed by atoms with Crippen molar-refractivity contribution < 1.29 is 14.6 Å². The SMILES string of the molecule is CC(=N)c1c(-c2ccc(N3CCOCC3)cc2)cc(C(=O)O)nc1Nc1cccc(Cl)c1. The van der Waals surface area contributed by atoms with Gasteiger partial charge in [-0.15, -0.1) is 0 Å². The minimum Gasteiger partial charge on any atom is -0.477 e. The molecule has 32 heavy (non-hydrogen) atoms. The third-order valence-electron chi connectivity index (χ3n) is 5.26. The Hall–Kier alpha value is -3.42. The molecule has 3 N–H and O–H groups in total. The van der Waals surface area contributed by atoms with Crippen molar-refractivity contribution in [3.8, 4) is 11.1 Å². The van der Waals surface area contributed by atoms with Crippen LogP contribution in [-0.2, 0) is 4.74 Å². The smallest absolute Gasteiger partial charge is 0.354 e. The van der Waals surface area contributed by atoms with Gasteiger partial charge in [0, 0.05) is 40.8 Å². The zero-order chi connectivity index (χ0) is 22.7. The van der Waals surface area contributed by atoms with Crippen LogP contribution < -0.4 is 10.2 Å². The fourth-order valence-electron chi connectivity index (χ4n) is 3.73. The van der Waals surface area contributed by atoms with Crippen LogP contribution >= 0.6 is 11.6 Å². The molecule has 0 unspecified atom stereocenters. The summed E-state index contributed by atoms with van der Waals surface area (Å²) in [7, 11) is 0. The topological polar surface area (TPSA) is 98.5 Å². The van der Waals surface area contributed by atoms with Crippen LogP contribution in [-0.4, -0.2) is 48.1 Å². The molecule has 164 valence electrons. The maximum absolute atomic E-state index is 11.8. The van der Waals surface area contributed by atoms with Gasteiger partial charge in [0.25, 0.3) is 0 Å². The lowest BCUT2D eigenvalue weighted by Crippen LogP contribution is -2.36. The van der Waals surface area contributed by atoms with Crippen LogP contribution in [0, 0.1) is 5.41 Å². The van der Waals surface area contributed by atoms with Crippen LogP contribution in [0.1, 0.15) is 23.0 Å². The van der Waals surface area contributed by atoms with Gasteiger partial charge in [0.2, 0.25) is 0 Å². The Morgan fingerprint density at radius 2 is 1.88 bits per heavy atom. The standard InChI is InChI=1S/C24H23ClN4O3/c1-15(26)22-20(16-5-7-19(8-6-16)29-9-11-32-12-10-29)14-21(24(30)31)28-23(22)27-18-4-2-3-17(25)13-18/h2-8,13-14,26H,9-12H2,1H3,(H,27,28)(H,30,31). The number of nitrogens with zero attached hydrogens (tertiary/aromatic N) is 2. The van der Waals surface area contributed by atoms with E-state index in [0.717, 1.165) is 24.3 Å². The first-order chi connectivity index (χ1) is 15.4. The Kier molecular flexibility index (Phi) is 6.39. The van der Waals surface area contributed by atoms with Crippen LogP contribution in [0.25, 0.3) is 11.1 Å². The van der Waals surface area contributed by atoms with E-state index < -0.39 is 5.97 Å². The predicted octanol–water partition coefficient (Wildman–Crippen LogP) is 5.07. The zero-order valence-electron chi connectivity index (χ0n) is 17.6. The summed E-state index contributed by atoms with van der Waals surface area (Å²) < 4.78 is 5.42. The highest BCUT2D eigenvalue weighted by atomic mass is 35.5. The first-order valence-electron chi connectivity index (χ1n) is 10.2. The van der Waals surface area contributed by atoms with Crippen LogP contribution in [0.2, 0.25) is 5.02 Å². The zero-order valence-corrected chi connectivity index (χ0v) is 18.3. The highest BCUT2D eigenvalue weighted by Crippen LogP contribution is 2.33. The summed E-state index contributed by atoms with van der Waals surface area (Å²) in [5.74, 6) is -0.841. The maximum Gasteiger partial charge on any atom is 0.354 e. The number of aromatic carboxylic acids is 1. The number of hydrogen-bond acceptors (Lipinski definition) is 6. The average molecular weight is 451 g/mol. The van der Waals surface area contributed by atoms with E-state index in [1.807, 2.05) is 24.3 Å². The van der Waals surface area contributed by atoms with Crippen molar-refractivity contribution >= 4 is 40.5 Å². The minimum atomic E-state index is -1.14. The monoisotopic (exact) mass is 450 g/mol. The Morgan fingerprint density at radius 3 is 2.50 bits per heavy atom. The number of aromatic nitrogens is 1. The van der Waals surface area contributed by atoms with Crippen LogP contribution in [0.15, 0.2) is 54.6 Å². The number of morpholine rings is 1. The van der Waals surface area contributed by atoms with E-state index in [0.29, 0.717) is 40.9 Å². The van der Waals surface area contributed by atoms with E-state index >= 15 is 0 Å². The average Bonchev–Trinajstić information content (AvgIpc) is 2.79. The molecular formula is C24H23ClN4O3. The van der Waals surface area contributed by atoms with Gasteiger partial charge < -0.3 is 25.5 Å². The van der Waals surface area contributed by atoms with Crippen molar-refractivity contribution in [3.63, 3.8) is 0 Å². The fourth-order valence-corrected chi connectivity index (χ4v) is 3.92. The second-order valence-corrected chi connectivity index (χ2v) is 7.93. The van der Waals surface area contributed by atoms with Crippen LogP contribution in [0.5, 0.6) is 0 Å². The van der Waals surface area contributed by atoms with E-state index in [-0.39, 0.29) is 11.4 Å². The number of benzene rings is 2. The van der Waals surface area contributed by atoms with Crippen LogP contribution in [0.4, 0.5) is 17.2 Å². The molecule has 0 aliphatic carbocycles. The number of hydrogen-bond donors (Lipinski definition) is 3. The molecule has 1 aromatic heterocycles. The molecule has 2 aromatic carbocycles. The Labute approximate surface area is 191 Å². The number of pyridine rings is 1. The molecule has 3 aromatic rings. The molecule has 8 heteroatoms. The van der Waals surface area contributed by atoms with Gasteiger partial charge in [0.1, 0.15) is 5.82 Å². The largest absolute Gasteiger partial charge is 0.477 e. The molecule has 2 heterocycles. The van der Waals surface area contributed by atoms with E-state index in [9.17, 15) is 9.90 Å². The minimum absolute atomic E-state index is 0.105. The second-order valence-electron chi connectivity index (χ2n) is 7.49. The molecule has 0 atom stereocenters. The summed E-state index contributed by atoms with van der Waals surface area (Å²) in [4.78, 5) is 18.3. The van der Waals surface area contributed by atoms with Gasteiger partial charge in [-0.1, -0.05) is 29.8 Å². The van der Waals surface area contributed by atoms with Gasteiger partial charge in [0.05, 0.1) is 13.2 Å². The second kappa shape index (κ2) is 9.38. The lowest BCUT2D eigenvalue weighted by molar-refractivity contribution is 0.0690. The molecule has 1 aliphatic rings. The molecule has 4 rings (SSSR count). The molecule has 0 bridgehead atoms. The Bertz CT molecular complexity index is 1160. The van der Waals surface area contributed by atoms with Crippen molar-refractivity contribution in [2.45, 2.75) is 6.92 Å². The van der Waals surface area contributed by atoms with Crippen molar-refractivity contribution in [1.82, 2.24) is 4.98 Å². The van der Waals surface area contributed by atoms with Gasteiger partial charge >= 0.3 is 5.97 Å². The lowest BCUT2D eigenvalue weighted by atomic mass is 9.96. The summed E-state index contributed by atoms with van der Waals surface area (Å²) in [5, 5.41) is 21.7. The number of rotatable bonds is 6. The van der Waals surface area contributed by atoms with Crippen LogP contribution in [0.3, 0.4) is 0 Å². The number of carboxylic acid groups (broad SMARTS) is 1. The van der Waals surface area contributed by atoms with Gasteiger partial charge in [0.15, 0.2) is 5.69 Å². The number of halogens is 1. The quantitative estimate of drug-likeness (QED) is 0.453. The van der Waals surface area contributed by atoms with Gasteiger partial charge in [-0.25, -0.2) is 9.78 Å². The van der Waals surface area contributed by atoms with Gasteiger partial charge in [-0.05, 0) is 54.4 Å². The van der Waals surface area contributed by atoms with E-state index in [4.69, 9.17) is 21.7 Å². The molecule has 7 nitrogen and oxygen atoms in total. The molecule has 1 fully saturated rings. The highest BCUT2D eigenvalue weighted by molar-refractivity contribution is 6.30. The Balaban J connectivity index is 1.78. The summed E-state index contributed by atoms with van der Waals surface area (Å²) in [6.07, 6.45) is 0. The van der Waals surface area contributed by atoms with E-state index in [2.05, 4.69) is 15.2 Å². The maximum atomic E-state index is 11.8. The van der Waals surface area contributed by atoms with Gasteiger partial charge in [-0.2, -0.15) is 0 Å². The summed E-state index contributed by atoms with van der Waals surface area (Å²) in [6, 6.07) is 16.5. The van der Waals surface area contributed by atoms with Crippen molar-refractivity contribution in [2.75, 3.05) is 36.5 Å². The number of carboxylic acids is 1. The van der Waals surface area contributed by atoms with E-state index in [1.165, 1.54) is 6.07 Å². The highest BCUT2D eigenvalue weighted by Gasteiger charge is 2.20. The summed E-state index contributed by atoms with van der Waals surface area (Å²) >= 11 is 6.09. The number of nitrogens with one attached hydrogen (secondary N) is 2. The first kappa shape index (κ1) is 21.8. The predicted molar refractivity (Wildman–Crippen MR) is 127 cm³/mol. The molecule has 1 aliphatic heterocycles. The molecule has 1 saturated heterocycles. The summed E-state index contributed by atoms with van der Waals surface area (Å²) in [6.45, 7) is 4.71. The molecule has 0 saturated carbocycles. The number of ether oxygens (including phenoxy) is 1. The Morgan fingerprint density at radius 1 is 1.16 bits per heavy atom. The first-order valence-corrected chi connectivity index (χ1v) is 10.6. The van der Waals surface area contributed by atoms with Crippen molar-refractivity contribution in [1.29, 1.82) is 5.41 Å². The normalized spacial score (nSPS) is 13.6. The molecule has 0 amide bonds. The van der Waals surface area contributed by atoms with Gasteiger partial charge in [-0.3, -0.25) is 0 Å². The van der Waals surface area contributed by atoms with Crippen molar-refractivity contribution in [3.05, 3.63) is 70.9 Å². The molecule has 0 radical (unpaired) electrons. The molecule has 0 spiro atoms. The van der Waals surface area contributed by atoms with E-state index in [1.54, 1.807) is 31.2 Å².